The van der Waals surface area contributed by atoms with Crippen LogP contribution in [0.5, 0.6) is 0 Å². The molecule has 1 atom stereocenters. The molecule has 1 amide bonds. The molecule has 1 aromatic heterocycles. The summed E-state index contributed by atoms with van der Waals surface area (Å²) in [6.45, 7) is 2.61. The Morgan fingerprint density at radius 1 is 1.25 bits per heavy atom. The monoisotopic (exact) mass is 449 g/mol. The molecular formula is C16H17Cl2N3O6S. The van der Waals surface area contributed by atoms with Crippen molar-refractivity contribution >= 4 is 50.9 Å². The molecule has 152 valence electrons. The highest BCUT2D eigenvalue weighted by atomic mass is 35.5. The number of sulfonamides is 1. The van der Waals surface area contributed by atoms with Gasteiger partial charge in [0, 0.05) is 6.07 Å². The van der Waals surface area contributed by atoms with Crippen LogP contribution in [0.2, 0.25) is 10.0 Å². The van der Waals surface area contributed by atoms with Crippen molar-refractivity contribution in [1.82, 2.24) is 9.88 Å². The van der Waals surface area contributed by atoms with Gasteiger partial charge < -0.3 is 14.6 Å². The molecule has 0 bridgehead atoms. The van der Waals surface area contributed by atoms with Gasteiger partial charge in [-0.2, -0.15) is 4.72 Å². The quantitative estimate of drug-likeness (QED) is 0.592. The number of halogens is 2. The number of ether oxygens (including phenoxy) is 1. The van der Waals surface area contributed by atoms with Crippen LogP contribution in [0.15, 0.2) is 33.7 Å². The number of nitrogens with one attached hydrogen (secondary N) is 2. The minimum atomic E-state index is -4.02. The van der Waals surface area contributed by atoms with Crippen LogP contribution in [0, 0.1) is 6.92 Å². The Morgan fingerprint density at radius 2 is 1.96 bits per heavy atom. The van der Waals surface area contributed by atoms with E-state index >= 15 is 0 Å². The number of carbonyl (C=O) groups is 2. The summed E-state index contributed by atoms with van der Waals surface area (Å²) < 4.78 is 36.4. The van der Waals surface area contributed by atoms with Gasteiger partial charge in [-0.15, -0.1) is 0 Å². The number of hydrogen-bond acceptors (Lipinski definition) is 7. The van der Waals surface area contributed by atoms with Crippen molar-refractivity contribution in [3.63, 3.8) is 0 Å². The van der Waals surface area contributed by atoms with Gasteiger partial charge in [0.25, 0.3) is 5.91 Å². The molecule has 2 aromatic rings. The lowest BCUT2D eigenvalue weighted by molar-refractivity contribution is -0.153. The number of amides is 1. The number of anilines is 1. The lowest BCUT2D eigenvalue weighted by Gasteiger charge is -2.15. The van der Waals surface area contributed by atoms with E-state index in [1.165, 1.54) is 18.2 Å². The summed E-state index contributed by atoms with van der Waals surface area (Å²) in [5.74, 6) is -0.868. The molecule has 0 aliphatic rings. The highest BCUT2D eigenvalue weighted by molar-refractivity contribution is 7.89. The molecule has 28 heavy (non-hydrogen) atoms. The SMILES string of the molecule is CC[C@@H](OC(=O)CNS(=O)(=O)c1ccc(Cl)c(Cl)c1)C(=O)Nc1cc(C)on1. The Hall–Kier alpha value is -2.14. The normalized spacial score (nSPS) is 12.4. The Morgan fingerprint density at radius 3 is 2.54 bits per heavy atom. The van der Waals surface area contributed by atoms with E-state index in [9.17, 15) is 18.0 Å². The largest absolute Gasteiger partial charge is 0.451 e. The Labute approximate surface area is 171 Å². The third-order valence-electron chi connectivity index (χ3n) is 3.42. The van der Waals surface area contributed by atoms with E-state index in [-0.39, 0.29) is 27.2 Å². The fraction of sp³-hybridized carbons (Fsp3) is 0.312. The Kier molecular flexibility index (Phi) is 7.41. The first kappa shape index (κ1) is 22.2. The first-order valence-electron chi connectivity index (χ1n) is 8.00. The molecule has 1 heterocycles. The van der Waals surface area contributed by atoms with Gasteiger partial charge in [0.1, 0.15) is 12.3 Å². The summed E-state index contributed by atoms with van der Waals surface area (Å²) >= 11 is 11.6. The predicted octanol–water partition coefficient (Wildman–Crippen LogP) is 2.53. The van der Waals surface area contributed by atoms with E-state index < -0.39 is 34.5 Å². The molecule has 0 fully saturated rings. The van der Waals surface area contributed by atoms with Crippen molar-refractivity contribution in [3.05, 3.63) is 40.1 Å². The summed E-state index contributed by atoms with van der Waals surface area (Å²) in [7, 11) is -4.02. The number of esters is 1. The first-order valence-corrected chi connectivity index (χ1v) is 10.2. The predicted molar refractivity (Wildman–Crippen MR) is 102 cm³/mol. The van der Waals surface area contributed by atoms with Crippen LogP contribution in [-0.2, 0) is 24.3 Å². The number of aryl methyl sites for hydroxylation is 1. The molecule has 1 aromatic carbocycles. The zero-order chi connectivity index (χ0) is 20.9. The summed E-state index contributed by atoms with van der Waals surface area (Å²) in [5.41, 5.74) is 0. The molecule has 0 radical (unpaired) electrons. The molecule has 0 saturated carbocycles. The zero-order valence-corrected chi connectivity index (χ0v) is 17.2. The fourth-order valence-corrected chi connectivity index (χ4v) is 3.39. The summed E-state index contributed by atoms with van der Waals surface area (Å²) in [6.07, 6.45) is -0.951. The van der Waals surface area contributed by atoms with Gasteiger partial charge in [0.05, 0.1) is 14.9 Å². The summed E-state index contributed by atoms with van der Waals surface area (Å²) in [6, 6.07) is 5.21. The van der Waals surface area contributed by atoms with Gasteiger partial charge in [0.2, 0.25) is 10.0 Å². The molecule has 2 rings (SSSR count). The third kappa shape index (κ3) is 5.93. The number of aromatic nitrogens is 1. The molecular weight excluding hydrogens is 433 g/mol. The van der Waals surface area contributed by atoms with Gasteiger partial charge in [-0.3, -0.25) is 9.59 Å². The number of nitrogens with zero attached hydrogens (tertiary/aromatic N) is 1. The maximum atomic E-state index is 12.2. The fourth-order valence-electron chi connectivity index (χ4n) is 2.04. The number of benzene rings is 1. The van der Waals surface area contributed by atoms with Gasteiger partial charge in [-0.05, 0) is 31.5 Å². The van der Waals surface area contributed by atoms with Crippen LogP contribution < -0.4 is 10.0 Å². The van der Waals surface area contributed by atoms with Crippen molar-refractivity contribution < 1.29 is 27.3 Å². The smallest absolute Gasteiger partial charge is 0.321 e. The topological polar surface area (TPSA) is 128 Å². The van der Waals surface area contributed by atoms with E-state index in [0.717, 1.165) is 6.07 Å². The van der Waals surface area contributed by atoms with E-state index in [1.54, 1.807) is 13.8 Å². The maximum Gasteiger partial charge on any atom is 0.321 e. The number of carbonyl (C=O) groups excluding carboxylic acids is 2. The van der Waals surface area contributed by atoms with Gasteiger partial charge in [-0.25, -0.2) is 8.42 Å². The van der Waals surface area contributed by atoms with Crippen molar-refractivity contribution in [3.8, 4) is 0 Å². The van der Waals surface area contributed by atoms with E-state index in [0.29, 0.717) is 5.76 Å². The average molecular weight is 450 g/mol. The van der Waals surface area contributed by atoms with Crippen molar-refractivity contribution in [1.29, 1.82) is 0 Å². The molecule has 9 nitrogen and oxygen atoms in total. The second-order valence-electron chi connectivity index (χ2n) is 5.60. The molecule has 0 spiro atoms. The molecule has 0 aliphatic heterocycles. The molecule has 12 heteroatoms. The van der Waals surface area contributed by atoms with Crippen LogP contribution >= 0.6 is 23.2 Å². The first-order chi connectivity index (χ1) is 13.1. The van der Waals surface area contributed by atoms with E-state index in [1.807, 2.05) is 0 Å². The lowest BCUT2D eigenvalue weighted by atomic mass is 10.2. The second-order valence-corrected chi connectivity index (χ2v) is 8.18. The van der Waals surface area contributed by atoms with Gasteiger partial charge in [0.15, 0.2) is 11.9 Å². The van der Waals surface area contributed by atoms with Gasteiger partial charge >= 0.3 is 5.97 Å². The number of rotatable bonds is 8. The van der Waals surface area contributed by atoms with E-state index in [4.69, 9.17) is 32.5 Å². The standard InChI is InChI=1S/C16H17Cl2N3O6S/c1-3-13(16(23)20-14-6-9(2)27-21-14)26-15(22)8-19-28(24,25)10-4-5-11(17)12(18)7-10/h4-7,13,19H,3,8H2,1-2H3,(H,20,21,23)/t13-/m1/s1. The van der Waals surface area contributed by atoms with Crippen LogP contribution in [0.3, 0.4) is 0 Å². The zero-order valence-electron chi connectivity index (χ0n) is 14.9. The number of hydrogen-bond donors (Lipinski definition) is 2. The van der Waals surface area contributed by atoms with Crippen molar-refractivity contribution in [2.75, 3.05) is 11.9 Å². The Balaban J connectivity index is 1.93. The molecule has 2 N–H and O–H groups in total. The average Bonchev–Trinajstić information content (AvgIpc) is 3.04. The highest BCUT2D eigenvalue weighted by Gasteiger charge is 2.24. The summed E-state index contributed by atoms with van der Waals surface area (Å²) in [5, 5.41) is 6.30. The van der Waals surface area contributed by atoms with E-state index in [2.05, 4.69) is 15.2 Å². The molecule has 0 saturated heterocycles. The third-order valence-corrected chi connectivity index (χ3v) is 5.56. The van der Waals surface area contributed by atoms with Crippen LogP contribution in [0.1, 0.15) is 19.1 Å². The highest BCUT2D eigenvalue weighted by Crippen LogP contribution is 2.24. The van der Waals surface area contributed by atoms with Gasteiger partial charge in [-0.1, -0.05) is 35.3 Å². The Bertz CT molecular complexity index is 977. The maximum absolute atomic E-state index is 12.2. The molecule has 0 aliphatic carbocycles. The van der Waals surface area contributed by atoms with Crippen LogP contribution in [-0.4, -0.2) is 38.1 Å². The molecule has 0 unspecified atom stereocenters. The minimum absolute atomic E-state index is 0.0536. The van der Waals surface area contributed by atoms with Crippen molar-refractivity contribution in [2.45, 2.75) is 31.3 Å². The lowest BCUT2D eigenvalue weighted by Crippen LogP contribution is -2.37. The van der Waals surface area contributed by atoms with Crippen molar-refractivity contribution in [2.24, 2.45) is 0 Å². The van der Waals surface area contributed by atoms with Crippen LogP contribution in [0.25, 0.3) is 0 Å². The summed E-state index contributed by atoms with van der Waals surface area (Å²) in [4.78, 5) is 23.9. The van der Waals surface area contributed by atoms with Crippen LogP contribution in [0.4, 0.5) is 5.82 Å². The second kappa shape index (κ2) is 9.37. The minimum Gasteiger partial charge on any atom is -0.451 e.